The van der Waals surface area contributed by atoms with Crippen LogP contribution in [0.3, 0.4) is 0 Å². The lowest BCUT2D eigenvalue weighted by atomic mass is 10.0. The van der Waals surface area contributed by atoms with Crippen molar-refractivity contribution in [2.75, 3.05) is 11.9 Å². The van der Waals surface area contributed by atoms with Crippen LogP contribution in [0.25, 0.3) is 32.7 Å². The van der Waals surface area contributed by atoms with Crippen LogP contribution in [0.1, 0.15) is 6.92 Å². The topological polar surface area (TPSA) is 79.8 Å². The molecule has 0 atom stereocenters. The number of aromatic nitrogens is 3. The van der Waals surface area contributed by atoms with Crippen molar-refractivity contribution in [1.29, 1.82) is 0 Å². The zero-order valence-corrected chi connectivity index (χ0v) is 15.5. The largest absolute Gasteiger partial charge is 0.338 e. The van der Waals surface area contributed by atoms with Gasteiger partial charge in [-0.15, -0.1) is 0 Å². The van der Waals surface area contributed by atoms with Gasteiger partial charge in [0.2, 0.25) is 0 Å². The highest BCUT2D eigenvalue weighted by Crippen LogP contribution is 2.37. The molecule has 0 saturated carbocycles. The van der Waals surface area contributed by atoms with E-state index in [0.717, 1.165) is 32.7 Å². The van der Waals surface area contributed by atoms with Gasteiger partial charge in [0.05, 0.1) is 21.6 Å². The van der Waals surface area contributed by atoms with E-state index in [-0.39, 0.29) is 6.03 Å². The highest BCUT2D eigenvalue weighted by atomic mass is 32.1. The van der Waals surface area contributed by atoms with Gasteiger partial charge >= 0.3 is 6.03 Å². The molecule has 0 spiro atoms. The van der Waals surface area contributed by atoms with Gasteiger partial charge in [-0.25, -0.2) is 9.78 Å². The molecule has 4 rings (SSSR count). The molecule has 7 heteroatoms. The van der Waals surface area contributed by atoms with Crippen molar-refractivity contribution in [2.45, 2.75) is 6.92 Å². The van der Waals surface area contributed by atoms with Crippen LogP contribution in [0, 0.1) is 0 Å². The molecule has 2 amide bonds. The number of nitrogens with one attached hydrogen (secondary N) is 2. The Morgan fingerprint density at radius 3 is 2.44 bits per heavy atom. The van der Waals surface area contributed by atoms with Crippen LogP contribution in [0.4, 0.5) is 9.93 Å². The van der Waals surface area contributed by atoms with E-state index in [1.807, 2.05) is 49.4 Å². The predicted molar refractivity (Wildman–Crippen MR) is 109 cm³/mol. The first-order valence-corrected chi connectivity index (χ1v) is 9.38. The second-order valence-electron chi connectivity index (χ2n) is 5.81. The molecule has 0 aliphatic heterocycles. The Morgan fingerprint density at radius 1 is 1.04 bits per heavy atom. The Hall–Kier alpha value is -3.32. The maximum absolute atomic E-state index is 11.9. The molecule has 0 fully saturated rings. The molecule has 0 unspecified atom stereocenters. The van der Waals surface area contributed by atoms with E-state index in [1.54, 1.807) is 12.4 Å². The normalized spacial score (nSPS) is 10.7. The lowest BCUT2D eigenvalue weighted by Gasteiger charge is -2.06. The summed E-state index contributed by atoms with van der Waals surface area (Å²) in [4.78, 5) is 25.4. The second kappa shape index (κ2) is 7.51. The minimum absolute atomic E-state index is 0.263. The molecule has 3 heterocycles. The lowest BCUT2D eigenvalue weighted by Crippen LogP contribution is -2.28. The molecule has 0 radical (unpaired) electrons. The van der Waals surface area contributed by atoms with E-state index in [2.05, 4.69) is 31.7 Å². The summed E-state index contributed by atoms with van der Waals surface area (Å²) in [6, 6.07) is 15.4. The summed E-state index contributed by atoms with van der Waals surface area (Å²) in [7, 11) is 0. The average molecular weight is 375 g/mol. The quantitative estimate of drug-likeness (QED) is 0.548. The Kier molecular flexibility index (Phi) is 4.76. The number of carbonyl (C=O) groups excluding carboxylic acids is 1. The van der Waals surface area contributed by atoms with Crippen molar-refractivity contribution < 1.29 is 4.79 Å². The maximum atomic E-state index is 11.9. The van der Waals surface area contributed by atoms with Gasteiger partial charge in [-0.2, -0.15) is 0 Å². The zero-order chi connectivity index (χ0) is 18.6. The van der Waals surface area contributed by atoms with Crippen molar-refractivity contribution in [3.05, 3.63) is 60.9 Å². The first kappa shape index (κ1) is 17.1. The molecule has 134 valence electrons. The Balaban J connectivity index is 1.86. The third kappa shape index (κ3) is 3.63. The maximum Gasteiger partial charge on any atom is 0.321 e. The van der Waals surface area contributed by atoms with Gasteiger partial charge in [0.15, 0.2) is 5.13 Å². The minimum atomic E-state index is -0.263. The Labute approximate surface area is 160 Å². The zero-order valence-electron chi connectivity index (χ0n) is 14.6. The number of rotatable bonds is 4. The number of amides is 2. The van der Waals surface area contributed by atoms with Crippen LogP contribution >= 0.6 is 11.3 Å². The highest BCUT2D eigenvalue weighted by Gasteiger charge is 2.15. The summed E-state index contributed by atoms with van der Waals surface area (Å²) >= 11 is 1.43. The fourth-order valence-corrected chi connectivity index (χ4v) is 3.75. The number of thiazole rings is 1. The fourth-order valence-electron chi connectivity index (χ4n) is 2.78. The van der Waals surface area contributed by atoms with Crippen molar-refractivity contribution in [3.8, 4) is 22.5 Å². The first-order valence-electron chi connectivity index (χ1n) is 8.57. The van der Waals surface area contributed by atoms with E-state index < -0.39 is 0 Å². The van der Waals surface area contributed by atoms with Gasteiger partial charge in [-0.05, 0) is 43.3 Å². The summed E-state index contributed by atoms with van der Waals surface area (Å²) in [5.41, 5.74) is 4.45. The number of nitrogens with zero attached hydrogens (tertiary/aromatic N) is 3. The average Bonchev–Trinajstić information content (AvgIpc) is 3.11. The van der Waals surface area contributed by atoms with Gasteiger partial charge < -0.3 is 5.32 Å². The number of fused-ring (bicyclic) bond motifs is 1. The van der Waals surface area contributed by atoms with E-state index in [0.29, 0.717) is 11.7 Å². The molecule has 6 nitrogen and oxygen atoms in total. The minimum Gasteiger partial charge on any atom is -0.338 e. The predicted octanol–water partition coefficient (Wildman–Crippen LogP) is 4.56. The standard InChI is InChI=1S/C20H17N5OS/c1-2-21-19(26)25-20-24-17-12-13(15-7-3-5-9-22-15)11-14(18(17)27-20)16-8-4-6-10-23-16/h3-12H,2H2,1H3,(H2,21,24,25,26). The van der Waals surface area contributed by atoms with Gasteiger partial charge in [-0.1, -0.05) is 23.5 Å². The molecule has 2 N–H and O–H groups in total. The Bertz CT molecular complexity index is 1080. The number of pyridine rings is 2. The van der Waals surface area contributed by atoms with Crippen LogP contribution in [0.5, 0.6) is 0 Å². The van der Waals surface area contributed by atoms with E-state index in [9.17, 15) is 4.79 Å². The van der Waals surface area contributed by atoms with E-state index in [1.165, 1.54) is 11.3 Å². The molecular formula is C20H17N5OS. The van der Waals surface area contributed by atoms with Crippen LogP contribution < -0.4 is 10.6 Å². The smallest absolute Gasteiger partial charge is 0.321 e. The molecular weight excluding hydrogens is 358 g/mol. The first-order chi connectivity index (χ1) is 13.2. The number of anilines is 1. The number of hydrogen-bond donors (Lipinski definition) is 2. The van der Waals surface area contributed by atoms with Gasteiger partial charge in [0, 0.05) is 30.1 Å². The van der Waals surface area contributed by atoms with E-state index >= 15 is 0 Å². The molecule has 27 heavy (non-hydrogen) atoms. The summed E-state index contributed by atoms with van der Waals surface area (Å²) in [5, 5.41) is 6.06. The molecule has 0 aliphatic rings. The monoisotopic (exact) mass is 375 g/mol. The van der Waals surface area contributed by atoms with Crippen LogP contribution in [-0.2, 0) is 0 Å². The number of urea groups is 1. The SMILES string of the molecule is CCNC(=O)Nc1nc2cc(-c3ccccn3)cc(-c3ccccn3)c2s1. The van der Waals surface area contributed by atoms with Crippen molar-refractivity contribution in [3.63, 3.8) is 0 Å². The third-order valence-corrected chi connectivity index (χ3v) is 4.97. The molecule has 4 aromatic rings. The molecule has 0 saturated heterocycles. The summed E-state index contributed by atoms with van der Waals surface area (Å²) < 4.78 is 0.972. The van der Waals surface area contributed by atoms with Crippen molar-refractivity contribution >= 4 is 32.7 Å². The highest BCUT2D eigenvalue weighted by molar-refractivity contribution is 7.22. The van der Waals surface area contributed by atoms with Gasteiger partial charge in [0.25, 0.3) is 0 Å². The summed E-state index contributed by atoms with van der Waals surface area (Å²) in [6.07, 6.45) is 3.53. The van der Waals surface area contributed by atoms with Gasteiger partial charge in [-0.3, -0.25) is 15.3 Å². The molecule has 3 aromatic heterocycles. The van der Waals surface area contributed by atoms with Crippen LogP contribution in [0.2, 0.25) is 0 Å². The number of carbonyl (C=O) groups is 1. The third-order valence-electron chi connectivity index (χ3n) is 3.95. The Morgan fingerprint density at radius 2 is 1.78 bits per heavy atom. The number of hydrogen-bond acceptors (Lipinski definition) is 5. The van der Waals surface area contributed by atoms with E-state index in [4.69, 9.17) is 0 Å². The molecule has 1 aromatic carbocycles. The fraction of sp³-hybridized carbons (Fsp3) is 0.100. The van der Waals surface area contributed by atoms with Crippen molar-refractivity contribution in [2.24, 2.45) is 0 Å². The second-order valence-corrected chi connectivity index (χ2v) is 6.80. The molecule has 0 bridgehead atoms. The number of benzene rings is 1. The lowest BCUT2D eigenvalue weighted by molar-refractivity contribution is 0.252. The van der Waals surface area contributed by atoms with Crippen LogP contribution in [-0.4, -0.2) is 27.5 Å². The molecule has 0 aliphatic carbocycles. The summed E-state index contributed by atoms with van der Waals surface area (Å²) in [6.45, 7) is 2.43. The van der Waals surface area contributed by atoms with Gasteiger partial charge in [0.1, 0.15) is 0 Å². The summed E-state index contributed by atoms with van der Waals surface area (Å²) in [5.74, 6) is 0. The van der Waals surface area contributed by atoms with Crippen LogP contribution in [0.15, 0.2) is 60.9 Å². The van der Waals surface area contributed by atoms with Crippen molar-refractivity contribution in [1.82, 2.24) is 20.3 Å².